The number of carbonyl (C=O) groups is 2. The average Bonchev–Trinajstić information content (AvgIpc) is 3.10. The average molecular weight is 399 g/mol. The molecule has 0 aromatic carbocycles. The molecule has 3 rings (SSSR count). The second kappa shape index (κ2) is 8.81. The van der Waals surface area contributed by atoms with Crippen LogP contribution < -0.4 is 10.9 Å². The third-order valence-electron chi connectivity index (χ3n) is 4.29. The minimum Gasteiger partial charge on any atom is -0.450 e. The molecule has 10 heteroatoms. The third kappa shape index (κ3) is 4.73. The number of aromatic nitrogens is 2. The molecule has 1 aromatic rings. The number of likely N-dealkylation sites (tertiary alicyclic amines) is 1. The first kappa shape index (κ1) is 19.1. The zero-order valence-corrected chi connectivity index (χ0v) is 16.2. The van der Waals surface area contributed by atoms with Crippen molar-refractivity contribution in [3.05, 3.63) is 21.6 Å². The van der Waals surface area contributed by atoms with Crippen LogP contribution in [0.2, 0.25) is 0 Å². The molecule has 1 saturated heterocycles. The summed E-state index contributed by atoms with van der Waals surface area (Å²) >= 11 is 2.91. The normalized spacial score (nSPS) is 17.0. The SMILES string of the molecule is CCOC(=O)N1CCC(NC(=O)CSc2nc3c(c(=O)[nH]2)CSC3)CC1. The van der Waals surface area contributed by atoms with E-state index < -0.39 is 0 Å². The Bertz CT molecular complexity index is 731. The molecule has 0 aliphatic carbocycles. The number of amides is 2. The topological polar surface area (TPSA) is 104 Å². The molecule has 0 atom stereocenters. The molecule has 0 spiro atoms. The van der Waals surface area contributed by atoms with Crippen molar-refractivity contribution in [1.29, 1.82) is 0 Å². The maximum absolute atomic E-state index is 12.2. The van der Waals surface area contributed by atoms with Crippen LogP contribution >= 0.6 is 23.5 Å². The molecule has 1 aromatic heterocycles. The number of ether oxygens (including phenoxy) is 1. The standard InChI is InChI=1S/C16H22N4O4S2/c1-2-24-16(23)20-5-3-10(4-6-20)17-13(21)9-26-15-18-12-8-25-7-11(12)14(22)19-15/h10H,2-9H2,1H3,(H,17,21)(H,18,19,22). The summed E-state index contributed by atoms with van der Waals surface area (Å²) < 4.78 is 4.99. The predicted octanol–water partition coefficient (Wildman–Crippen LogP) is 1.35. The molecule has 0 bridgehead atoms. The fourth-order valence-corrected chi connectivity index (χ4v) is 4.66. The minimum absolute atomic E-state index is 0.0530. The Hall–Kier alpha value is -1.68. The number of nitrogens with zero attached hydrogens (tertiary/aromatic N) is 2. The van der Waals surface area contributed by atoms with Gasteiger partial charge < -0.3 is 19.9 Å². The molecule has 0 saturated carbocycles. The molecular weight excluding hydrogens is 376 g/mol. The summed E-state index contributed by atoms with van der Waals surface area (Å²) in [5, 5.41) is 3.47. The van der Waals surface area contributed by atoms with E-state index in [1.165, 1.54) is 11.8 Å². The molecule has 26 heavy (non-hydrogen) atoms. The number of H-pyrrole nitrogens is 1. The van der Waals surface area contributed by atoms with Crippen molar-refractivity contribution in [2.45, 2.75) is 42.5 Å². The lowest BCUT2D eigenvalue weighted by Gasteiger charge is -2.31. The molecule has 0 unspecified atom stereocenters. The Morgan fingerprint density at radius 2 is 2.15 bits per heavy atom. The highest BCUT2D eigenvalue weighted by molar-refractivity contribution is 7.99. The first-order chi connectivity index (χ1) is 12.6. The minimum atomic E-state index is -0.294. The van der Waals surface area contributed by atoms with Gasteiger partial charge in [-0.05, 0) is 19.8 Å². The van der Waals surface area contributed by atoms with Crippen molar-refractivity contribution < 1.29 is 14.3 Å². The smallest absolute Gasteiger partial charge is 0.409 e. The highest BCUT2D eigenvalue weighted by Gasteiger charge is 2.24. The Morgan fingerprint density at radius 3 is 2.88 bits per heavy atom. The van der Waals surface area contributed by atoms with E-state index in [-0.39, 0.29) is 29.4 Å². The molecule has 0 radical (unpaired) electrons. The molecular formula is C16H22N4O4S2. The molecule has 1 fully saturated rings. The van der Waals surface area contributed by atoms with Crippen LogP contribution in [0.1, 0.15) is 31.0 Å². The highest BCUT2D eigenvalue weighted by Crippen LogP contribution is 2.26. The summed E-state index contributed by atoms with van der Waals surface area (Å²) in [4.78, 5) is 44.6. The maximum Gasteiger partial charge on any atom is 0.409 e. The molecule has 8 nitrogen and oxygen atoms in total. The van der Waals surface area contributed by atoms with Gasteiger partial charge in [-0.15, -0.1) is 0 Å². The molecule has 3 heterocycles. The summed E-state index contributed by atoms with van der Waals surface area (Å²) in [6.45, 7) is 3.30. The van der Waals surface area contributed by atoms with Gasteiger partial charge in [-0.25, -0.2) is 9.78 Å². The number of fused-ring (bicyclic) bond motifs is 1. The maximum atomic E-state index is 12.2. The van der Waals surface area contributed by atoms with E-state index >= 15 is 0 Å². The van der Waals surface area contributed by atoms with Gasteiger partial charge in [-0.1, -0.05) is 11.8 Å². The fraction of sp³-hybridized carbons (Fsp3) is 0.625. The van der Waals surface area contributed by atoms with Crippen molar-refractivity contribution in [2.24, 2.45) is 0 Å². The Morgan fingerprint density at radius 1 is 1.38 bits per heavy atom. The van der Waals surface area contributed by atoms with Crippen LogP contribution in [0.25, 0.3) is 0 Å². The summed E-state index contributed by atoms with van der Waals surface area (Å²) in [5.41, 5.74) is 1.47. The lowest BCUT2D eigenvalue weighted by molar-refractivity contribution is -0.119. The van der Waals surface area contributed by atoms with Gasteiger partial charge in [0.15, 0.2) is 5.16 Å². The fourth-order valence-electron chi connectivity index (χ4n) is 2.93. The third-order valence-corrected chi connectivity index (χ3v) is 6.13. The van der Waals surface area contributed by atoms with Gasteiger partial charge in [0.05, 0.1) is 18.1 Å². The van der Waals surface area contributed by atoms with Gasteiger partial charge in [-0.3, -0.25) is 9.59 Å². The van der Waals surface area contributed by atoms with Gasteiger partial charge in [0.25, 0.3) is 5.56 Å². The number of aromatic amines is 1. The van der Waals surface area contributed by atoms with Crippen LogP contribution in [0, 0.1) is 0 Å². The van der Waals surface area contributed by atoms with Crippen molar-refractivity contribution in [2.75, 3.05) is 25.4 Å². The van der Waals surface area contributed by atoms with Crippen molar-refractivity contribution in [1.82, 2.24) is 20.2 Å². The molecule has 142 valence electrons. The highest BCUT2D eigenvalue weighted by atomic mass is 32.2. The van der Waals surface area contributed by atoms with Gasteiger partial charge >= 0.3 is 6.09 Å². The van der Waals surface area contributed by atoms with E-state index in [1.807, 2.05) is 0 Å². The first-order valence-electron chi connectivity index (χ1n) is 8.60. The number of hydrogen-bond acceptors (Lipinski definition) is 7. The molecule has 2 aliphatic heterocycles. The van der Waals surface area contributed by atoms with Crippen LogP contribution in [0.3, 0.4) is 0 Å². The second-order valence-corrected chi connectivity index (χ2v) is 8.06. The van der Waals surface area contributed by atoms with Crippen LogP contribution in [0.15, 0.2) is 9.95 Å². The zero-order chi connectivity index (χ0) is 18.5. The van der Waals surface area contributed by atoms with Gasteiger partial charge in [0.1, 0.15) is 0 Å². The number of piperidine rings is 1. The van der Waals surface area contributed by atoms with Gasteiger partial charge in [0.2, 0.25) is 5.91 Å². The van der Waals surface area contributed by atoms with Crippen LogP contribution in [-0.2, 0) is 21.0 Å². The van der Waals surface area contributed by atoms with Crippen molar-refractivity contribution >= 4 is 35.5 Å². The van der Waals surface area contributed by atoms with Crippen molar-refractivity contribution in [3.63, 3.8) is 0 Å². The molecule has 2 aliphatic rings. The van der Waals surface area contributed by atoms with E-state index in [9.17, 15) is 14.4 Å². The Balaban J connectivity index is 1.43. The Labute approximate surface area is 159 Å². The van der Waals surface area contributed by atoms with E-state index in [0.717, 1.165) is 17.0 Å². The van der Waals surface area contributed by atoms with Crippen molar-refractivity contribution in [3.8, 4) is 0 Å². The lowest BCUT2D eigenvalue weighted by atomic mass is 10.1. The summed E-state index contributed by atoms with van der Waals surface area (Å²) in [7, 11) is 0. The summed E-state index contributed by atoms with van der Waals surface area (Å²) in [6.07, 6.45) is 1.12. The number of hydrogen-bond donors (Lipinski definition) is 2. The van der Waals surface area contributed by atoms with Gasteiger partial charge in [-0.2, -0.15) is 11.8 Å². The monoisotopic (exact) mass is 398 g/mol. The lowest BCUT2D eigenvalue weighted by Crippen LogP contribution is -2.47. The summed E-state index contributed by atoms with van der Waals surface area (Å²) in [5.74, 6) is 1.56. The first-order valence-corrected chi connectivity index (χ1v) is 10.7. The number of rotatable bonds is 5. The van der Waals surface area contributed by atoms with E-state index in [1.54, 1.807) is 23.6 Å². The van der Waals surface area contributed by atoms with Crippen LogP contribution in [-0.4, -0.2) is 58.4 Å². The molecule has 2 N–H and O–H groups in total. The van der Waals surface area contributed by atoms with E-state index in [4.69, 9.17) is 4.74 Å². The van der Waals surface area contributed by atoms with Crippen LogP contribution in [0.5, 0.6) is 0 Å². The predicted molar refractivity (Wildman–Crippen MR) is 100 cm³/mol. The number of carbonyl (C=O) groups excluding carboxylic acids is 2. The van der Waals surface area contributed by atoms with Gasteiger partial charge in [0, 0.05) is 36.2 Å². The number of thioether (sulfide) groups is 2. The van der Waals surface area contributed by atoms with E-state index in [2.05, 4.69) is 15.3 Å². The largest absolute Gasteiger partial charge is 0.450 e. The quantitative estimate of drug-likeness (QED) is 0.570. The summed E-state index contributed by atoms with van der Waals surface area (Å²) in [6, 6.07) is 0.0530. The van der Waals surface area contributed by atoms with Crippen LogP contribution in [0.4, 0.5) is 4.79 Å². The zero-order valence-electron chi connectivity index (χ0n) is 14.6. The number of nitrogens with one attached hydrogen (secondary N) is 2. The van der Waals surface area contributed by atoms with E-state index in [0.29, 0.717) is 43.4 Å². The Kier molecular flexibility index (Phi) is 6.47. The molecule has 2 amide bonds. The second-order valence-electron chi connectivity index (χ2n) is 6.11.